The summed E-state index contributed by atoms with van der Waals surface area (Å²) in [6, 6.07) is 3.22. The van der Waals surface area contributed by atoms with Gasteiger partial charge in [0.15, 0.2) is 0 Å². The molecule has 1 aromatic heterocycles. The molecule has 0 spiro atoms. The number of hydrogen-bond donors (Lipinski definition) is 0. The van der Waals surface area contributed by atoms with Crippen LogP contribution < -0.4 is 4.74 Å². The number of nitrogens with zero attached hydrogens (tertiary/aromatic N) is 1. The molecule has 0 radical (unpaired) electrons. The van der Waals surface area contributed by atoms with Gasteiger partial charge in [0, 0.05) is 13.0 Å². The number of rotatable bonds is 1. The summed E-state index contributed by atoms with van der Waals surface area (Å²) in [5, 5.41) is 3.12. The maximum absolute atomic E-state index is 10.2. The molecular weight excluding hydrogens is 185 g/mol. The minimum absolute atomic E-state index is 0. The van der Waals surface area contributed by atoms with Gasteiger partial charge in [-0.25, -0.2) is 0 Å². The van der Waals surface area contributed by atoms with E-state index in [0.717, 1.165) is 0 Å². The van der Waals surface area contributed by atoms with Crippen molar-refractivity contribution >= 4 is 41.9 Å². The monoisotopic (exact) mass is 193 g/mol. The van der Waals surface area contributed by atoms with Gasteiger partial charge in [0.1, 0.15) is 0 Å². The van der Waals surface area contributed by atoms with Gasteiger partial charge in [-0.1, -0.05) is 0 Å². The van der Waals surface area contributed by atoms with Crippen LogP contribution in [-0.2, 0) is 9.63 Å². The summed E-state index contributed by atoms with van der Waals surface area (Å²) in [5.41, 5.74) is 0. The van der Waals surface area contributed by atoms with E-state index in [1.165, 1.54) is 19.6 Å². The van der Waals surface area contributed by atoms with Gasteiger partial charge in [0.05, 0.1) is 6.26 Å². The van der Waals surface area contributed by atoms with E-state index in [-0.39, 0.29) is 41.5 Å². The average molecular weight is 193 g/mol. The Hall–Kier alpha value is -0.780. The van der Waals surface area contributed by atoms with Gasteiger partial charge in [0.25, 0.3) is 5.95 Å². The predicted octanol–water partition coefficient (Wildman–Crippen LogP) is 0.516. The summed E-state index contributed by atoms with van der Waals surface area (Å²) in [5.74, 6) is -0.132. The Morgan fingerprint density at radius 3 is 2.54 bits per heavy atom. The van der Waals surface area contributed by atoms with Gasteiger partial charge >= 0.3 is 35.5 Å². The zero-order valence-electron chi connectivity index (χ0n) is 6.39. The molecule has 0 aliphatic carbocycles. The first-order chi connectivity index (χ1) is 5.79. The van der Waals surface area contributed by atoms with Crippen molar-refractivity contribution in [1.82, 2.24) is 0 Å². The summed E-state index contributed by atoms with van der Waals surface area (Å²) in [7, 11) is 0. The quantitative estimate of drug-likeness (QED) is 0.481. The zero-order chi connectivity index (χ0) is 8.81. The SMILES string of the molecule is C1=NO1.CC(=O)Oc1ccco1.[NaH]. The third-order valence-electron chi connectivity index (χ3n) is 0.845. The first-order valence-electron chi connectivity index (χ1n) is 3.18. The number of ether oxygens (including phenoxy) is 1. The van der Waals surface area contributed by atoms with Crippen LogP contribution in [0.2, 0.25) is 0 Å². The van der Waals surface area contributed by atoms with Crippen LogP contribution in [0.1, 0.15) is 6.92 Å². The molecule has 1 aliphatic heterocycles. The number of furan rings is 1. The fourth-order valence-electron chi connectivity index (χ4n) is 0.463. The Bertz CT molecular complexity index is 266. The van der Waals surface area contributed by atoms with E-state index in [1.54, 1.807) is 12.1 Å². The molecule has 0 N–H and O–H groups in total. The second-order valence-electron chi connectivity index (χ2n) is 1.84. The molecule has 66 valence electrons. The molecule has 0 unspecified atom stereocenters. The molecule has 1 aliphatic rings. The Morgan fingerprint density at radius 2 is 2.23 bits per heavy atom. The van der Waals surface area contributed by atoms with E-state index in [0.29, 0.717) is 0 Å². The van der Waals surface area contributed by atoms with E-state index in [2.05, 4.69) is 14.7 Å². The van der Waals surface area contributed by atoms with Gasteiger partial charge in [-0.05, 0) is 11.2 Å². The molecule has 1 aromatic rings. The van der Waals surface area contributed by atoms with Crippen molar-refractivity contribution in [2.75, 3.05) is 0 Å². The van der Waals surface area contributed by atoms with Crippen LogP contribution in [0.3, 0.4) is 0 Å². The Kier molecular flexibility index (Phi) is 6.30. The summed E-state index contributed by atoms with van der Waals surface area (Å²) < 4.78 is 9.25. The standard InChI is InChI=1S/C6H6O3.CHNO.Na.H/c1-5(7)9-6-3-2-4-8-6;1-2-3-1;;/h2-4H,1H3;1H;;. The number of esters is 1. The zero-order valence-corrected chi connectivity index (χ0v) is 6.39. The van der Waals surface area contributed by atoms with Crippen molar-refractivity contribution in [3.63, 3.8) is 0 Å². The normalized spacial score (nSPS) is 9.92. The van der Waals surface area contributed by atoms with Crippen LogP contribution >= 0.6 is 0 Å². The van der Waals surface area contributed by atoms with Crippen molar-refractivity contribution in [1.29, 1.82) is 0 Å². The first-order valence-corrected chi connectivity index (χ1v) is 3.18. The van der Waals surface area contributed by atoms with Crippen molar-refractivity contribution < 1.29 is 18.8 Å². The Labute approximate surface area is 97.0 Å². The molecule has 0 bridgehead atoms. The Balaban J connectivity index is 0.000000306. The summed E-state index contributed by atoms with van der Waals surface area (Å²) in [4.78, 5) is 14.2. The molecule has 13 heavy (non-hydrogen) atoms. The van der Waals surface area contributed by atoms with Gasteiger partial charge in [-0.15, -0.1) is 0 Å². The second-order valence-corrected chi connectivity index (χ2v) is 1.84. The van der Waals surface area contributed by atoms with Crippen molar-refractivity contribution in [3.05, 3.63) is 18.4 Å². The van der Waals surface area contributed by atoms with Crippen LogP contribution in [0.25, 0.3) is 0 Å². The molecule has 2 rings (SSSR count). The van der Waals surface area contributed by atoms with Crippen LogP contribution in [0, 0.1) is 0 Å². The van der Waals surface area contributed by atoms with E-state index < -0.39 is 0 Å². The second kappa shape index (κ2) is 6.71. The summed E-state index contributed by atoms with van der Waals surface area (Å²) in [6.07, 6.45) is 2.82. The number of carbonyl (C=O) groups excluding carboxylic acids is 1. The maximum atomic E-state index is 10.2. The van der Waals surface area contributed by atoms with Crippen LogP contribution in [0.15, 0.2) is 28.0 Å². The van der Waals surface area contributed by atoms with Gasteiger partial charge < -0.3 is 14.0 Å². The molecule has 0 atom stereocenters. The van der Waals surface area contributed by atoms with Crippen LogP contribution in [0.4, 0.5) is 0 Å². The molecule has 0 amide bonds. The molecule has 6 heteroatoms. The molecule has 0 saturated carbocycles. The van der Waals surface area contributed by atoms with Crippen molar-refractivity contribution in [2.45, 2.75) is 6.92 Å². The minimum atomic E-state index is -0.370. The average Bonchev–Trinajstić information content (AvgIpc) is 2.80. The third kappa shape index (κ3) is 7.58. The molecule has 0 aromatic carbocycles. The topological polar surface area (TPSA) is 64.3 Å². The van der Waals surface area contributed by atoms with Crippen molar-refractivity contribution in [3.8, 4) is 5.95 Å². The third-order valence-corrected chi connectivity index (χ3v) is 0.845. The molecule has 5 nitrogen and oxygen atoms in total. The molecule has 2 heterocycles. The van der Waals surface area contributed by atoms with E-state index >= 15 is 0 Å². The van der Waals surface area contributed by atoms with Crippen LogP contribution in [-0.4, -0.2) is 41.9 Å². The van der Waals surface area contributed by atoms with Gasteiger partial charge in [-0.2, -0.15) is 0 Å². The van der Waals surface area contributed by atoms with Crippen LogP contribution in [0.5, 0.6) is 5.95 Å². The fourth-order valence-corrected chi connectivity index (χ4v) is 0.463. The fraction of sp³-hybridized carbons (Fsp3) is 0.143. The van der Waals surface area contributed by atoms with Crippen molar-refractivity contribution in [2.24, 2.45) is 5.16 Å². The van der Waals surface area contributed by atoms with E-state index in [4.69, 9.17) is 4.42 Å². The summed E-state index contributed by atoms with van der Waals surface area (Å²) >= 11 is 0. The molecular formula is C7H8NNaO4. The molecule has 0 fully saturated rings. The van der Waals surface area contributed by atoms with Gasteiger partial charge in [-0.3, -0.25) is 4.79 Å². The number of oxime groups is 1. The Morgan fingerprint density at radius 1 is 1.62 bits per heavy atom. The van der Waals surface area contributed by atoms with E-state index in [1.807, 2.05) is 0 Å². The van der Waals surface area contributed by atoms with Gasteiger partial charge in [0.2, 0.25) is 6.40 Å². The predicted molar refractivity (Wildman–Crippen MR) is 46.7 cm³/mol. The number of hydrogen-bond acceptors (Lipinski definition) is 5. The number of carbonyl (C=O) groups is 1. The van der Waals surface area contributed by atoms with E-state index in [9.17, 15) is 4.79 Å². The first kappa shape index (κ1) is 12.2. The molecule has 0 saturated heterocycles. The summed E-state index contributed by atoms with van der Waals surface area (Å²) in [6.45, 7) is 1.32.